The summed E-state index contributed by atoms with van der Waals surface area (Å²) in [4.78, 5) is 22.1. The van der Waals surface area contributed by atoms with Crippen molar-refractivity contribution in [3.8, 4) is 0 Å². The van der Waals surface area contributed by atoms with Crippen LogP contribution in [0.2, 0.25) is 10.0 Å². The van der Waals surface area contributed by atoms with E-state index in [2.05, 4.69) is 10.1 Å². The highest BCUT2D eigenvalue weighted by Crippen LogP contribution is 2.22. The van der Waals surface area contributed by atoms with Gasteiger partial charge in [-0.3, -0.25) is 9.59 Å². The monoisotopic (exact) mass is 261 g/mol. The lowest BCUT2D eigenvalue weighted by Crippen LogP contribution is -2.17. The van der Waals surface area contributed by atoms with E-state index in [-0.39, 0.29) is 6.42 Å². The van der Waals surface area contributed by atoms with E-state index in [4.69, 9.17) is 23.2 Å². The van der Waals surface area contributed by atoms with Crippen molar-refractivity contribution in [1.29, 1.82) is 0 Å². The SMILES string of the molecule is COC(=O)CC(=O)Nc1cc(Cl)cc(Cl)c1. The summed E-state index contributed by atoms with van der Waals surface area (Å²) in [5.41, 5.74) is 0.436. The van der Waals surface area contributed by atoms with Gasteiger partial charge < -0.3 is 10.1 Å². The number of ether oxygens (including phenoxy) is 1. The summed E-state index contributed by atoms with van der Waals surface area (Å²) < 4.78 is 4.35. The molecule has 0 aliphatic rings. The Bertz CT molecular complexity index is 400. The number of methoxy groups -OCH3 is 1. The van der Waals surface area contributed by atoms with Gasteiger partial charge in [0.1, 0.15) is 6.42 Å². The van der Waals surface area contributed by atoms with Crippen molar-refractivity contribution >= 4 is 40.8 Å². The number of benzene rings is 1. The lowest BCUT2D eigenvalue weighted by atomic mass is 10.3. The van der Waals surface area contributed by atoms with Crippen LogP contribution in [0.3, 0.4) is 0 Å². The molecule has 1 aromatic carbocycles. The van der Waals surface area contributed by atoms with Gasteiger partial charge in [0, 0.05) is 15.7 Å². The van der Waals surface area contributed by atoms with Crippen LogP contribution in [0.25, 0.3) is 0 Å². The average Bonchev–Trinajstić information content (AvgIpc) is 2.15. The molecule has 0 aliphatic carbocycles. The Hall–Kier alpha value is -1.26. The van der Waals surface area contributed by atoms with Crippen LogP contribution in [0.15, 0.2) is 18.2 Å². The average molecular weight is 262 g/mol. The first-order valence-electron chi connectivity index (χ1n) is 4.34. The minimum absolute atomic E-state index is 0.347. The Morgan fingerprint density at radius 2 is 1.81 bits per heavy atom. The molecule has 0 unspecified atom stereocenters. The van der Waals surface area contributed by atoms with Gasteiger partial charge in [-0.05, 0) is 18.2 Å². The zero-order valence-corrected chi connectivity index (χ0v) is 9.93. The van der Waals surface area contributed by atoms with Crippen molar-refractivity contribution in [2.75, 3.05) is 12.4 Å². The lowest BCUT2D eigenvalue weighted by molar-refractivity contribution is -0.142. The molecule has 0 bridgehead atoms. The van der Waals surface area contributed by atoms with Crippen LogP contribution in [0, 0.1) is 0 Å². The first kappa shape index (κ1) is 12.8. The minimum atomic E-state index is -0.606. The van der Waals surface area contributed by atoms with Gasteiger partial charge in [0.25, 0.3) is 0 Å². The van der Waals surface area contributed by atoms with Gasteiger partial charge in [-0.2, -0.15) is 0 Å². The number of rotatable bonds is 3. The maximum atomic E-state index is 11.3. The topological polar surface area (TPSA) is 55.4 Å². The van der Waals surface area contributed by atoms with Crippen molar-refractivity contribution in [1.82, 2.24) is 0 Å². The van der Waals surface area contributed by atoms with E-state index in [0.29, 0.717) is 15.7 Å². The molecular weight excluding hydrogens is 253 g/mol. The molecule has 16 heavy (non-hydrogen) atoms. The predicted molar refractivity (Wildman–Crippen MR) is 61.7 cm³/mol. The number of halogens is 2. The fraction of sp³-hybridized carbons (Fsp3) is 0.200. The third-order valence-electron chi connectivity index (χ3n) is 1.68. The Balaban J connectivity index is 2.66. The van der Waals surface area contributed by atoms with Crippen LogP contribution in [-0.4, -0.2) is 19.0 Å². The Morgan fingerprint density at radius 1 is 1.25 bits per heavy atom. The first-order valence-corrected chi connectivity index (χ1v) is 5.09. The fourth-order valence-electron chi connectivity index (χ4n) is 1.03. The summed E-state index contributed by atoms with van der Waals surface area (Å²) in [6.45, 7) is 0. The third kappa shape index (κ3) is 4.08. The van der Waals surface area contributed by atoms with Crippen LogP contribution >= 0.6 is 23.2 Å². The number of carbonyl (C=O) groups is 2. The maximum absolute atomic E-state index is 11.3. The van der Waals surface area contributed by atoms with Crippen LogP contribution in [0.1, 0.15) is 6.42 Å². The van der Waals surface area contributed by atoms with Crippen LogP contribution in [0.4, 0.5) is 5.69 Å². The van der Waals surface area contributed by atoms with E-state index in [9.17, 15) is 9.59 Å². The second kappa shape index (κ2) is 5.72. The Morgan fingerprint density at radius 3 is 2.31 bits per heavy atom. The number of esters is 1. The molecule has 0 heterocycles. The van der Waals surface area contributed by atoms with E-state index in [1.54, 1.807) is 6.07 Å². The quantitative estimate of drug-likeness (QED) is 0.672. The van der Waals surface area contributed by atoms with E-state index < -0.39 is 11.9 Å². The zero-order chi connectivity index (χ0) is 12.1. The molecule has 4 nitrogen and oxygen atoms in total. The third-order valence-corrected chi connectivity index (χ3v) is 2.12. The highest BCUT2D eigenvalue weighted by atomic mass is 35.5. The first-order chi connectivity index (χ1) is 7.51. The second-order valence-corrected chi connectivity index (χ2v) is 3.83. The summed E-state index contributed by atoms with van der Waals surface area (Å²) in [6, 6.07) is 4.60. The molecule has 0 atom stereocenters. The normalized spacial score (nSPS) is 9.69. The van der Waals surface area contributed by atoms with E-state index in [1.165, 1.54) is 19.2 Å². The minimum Gasteiger partial charge on any atom is -0.469 e. The lowest BCUT2D eigenvalue weighted by Gasteiger charge is -2.05. The number of anilines is 1. The molecule has 1 N–H and O–H groups in total. The molecule has 0 fully saturated rings. The molecule has 1 amide bonds. The molecule has 1 aromatic rings. The van der Waals surface area contributed by atoms with Crippen LogP contribution < -0.4 is 5.32 Å². The highest BCUT2D eigenvalue weighted by molar-refractivity contribution is 6.35. The summed E-state index contributed by atoms with van der Waals surface area (Å²) in [5.74, 6) is -1.09. The number of amides is 1. The van der Waals surface area contributed by atoms with E-state index in [0.717, 1.165) is 0 Å². The predicted octanol–water partition coefficient (Wildman–Crippen LogP) is 2.50. The number of nitrogens with one attached hydrogen (secondary N) is 1. The van der Waals surface area contributed by atoms with Crippen LogP contribution in [-0.2, 0) is 14.3 Å². The smallest absolute Gasteiger partial charge is 0.315 e. The van der Waals surface area contributed by atoms with E-state index >= 15 is 0 Å². The summed E-state index contributed by atoms with van der Waals surface area (Å²) in [6.07, 6.45) is -0.347. The van der Waals surface area contributed by atoms with Crippen molar-refractivity contribution in [2.45, 2.75) is 6.42 Å². The summed E-state index contributed by atoms with van der Waals surface area (Å²) in [5, 5.41) is 3.29. The molecule has 0 aromatic heterocycles. The molecule has 0 saturated carbocycles. The number of carbonyl (C=O) groups excluding carboxylic acids is 2. The molecular formula is C10H9Cl2NO3. The van der Waals surface area contributed by atoms with E-state index in [1.807, 2.05) is 0 Å². The maximum Gasteiger partial charge on any atom is 0.315 e. The second-order valence-electron chi connectivity index (χ2n) is 2.96. The molecule has 0 radical (unpaired) electrons. The molecule has 86 valence electrons. The number of hydrogen-bond donors (Lipinski definition) is 1. The molecule has 0 aliphatic heterocycles. The van der Waals surface area contributed by atoms with Gasteiger partial charge >= 0.3 is 5.97 Å². The summed E-state index contributed by atoms with van der Waals surface area (Å²) >= 11 is 11.5. The molecule has 0 spiro atoms. The van der Waals surface area contributed by atoms with Crippen molar-refractivity contribution in [3.05, 3.63) is 28.2 Å². The van der Waals surface area contributed by atoms with Crippen molar-refractivity contribution in [2.24, 2.45) is 0 Å². The molecule has 6 heteroatoms. The van der Waals surface area contributed by atoms with Crippen molar-refractivity contribution < 1.29 is 14.3 Å². The zero-order valence-electron chi connectivity index (χ0n) is 8.42. The van der Waals surface area contributed by atoms with Crippen molar-refractivity contribution in [3.63, 3.8) is 0 Å². The van der Waals surface area contributed by atoms with Gasteiger partial charge in [-0.15, -0.1) is 0 Å². The molecule has 1 rings (SSSR count). The van der Waals surface area contributed by atoms with Crippen LogP contribution in [0.5, 0.6) is 0 Å². The van der Waals surface area contributed by atoms with Gasteiger partial charge in [0.2, 0.25) is 5.91 Å². The standard InChI is InChI=1S/C10H9Cl2NO3/c1-16-10(15)5-9(14)13-8-3-6(11)2-7(12)4-8/h2-4H,5H2,1H3,(H,13,14). The Kier molecular flexibility index (Phi) is 4.58. The molecule has 0 saturated heterocycles. The summed E-state index contributed by atoms with van der Waals surface area (Å²) in [7, 11) is 1.21. The largest absolute Gasteiger partial charge is 0.469 e. The van der Waals surface area contributed by atoms with Gasteiger partial charge in [-0.1, -0.05) is 23.2 Å². The van der Waals surface area contributed by atoms with Gasteiger partial charge in [-0.25, -0.2) is 0 Å². The number of hydrogen-bond acceptors (Lipinski definition) is 3. The highest BCUT2D eigenvalue weighted by Gasteiger charge is 2.10. The van der Waals surface area contributed by atoms with Gasteiger partial charge in [0.05, 0.1) is 7.11 Å². The fourth-order valence-corrected chi connectivity index (χ4v) is 1.56. The Labute approximate surface area is 102 Å². The van der Waals surface area contributed by atoms with Gasteiger partial charge in [0.15, 0.2) is 0 Å².